The highest BCUT2D eigenvalue weighted by molar-refractivity contribution is 5.95. The van der Waals surface area contributed by atoms with Gasteiger partial charge < -0.3 is 10.1 Å². The van der Waals surface area contributed by atoms with Gasteiger partial charge in [-0.2, -0.15) is 5.10 Å². The highest BCUT2D eigenvalue weighted by Crippen LogP contribution is 2.08. The number of ether oxygens (including phenoxy) is 1. The average molecular weight is 223 g/mol. The van der Waals surface area contributed by atoms with Crippen LogP contribution in [-0.2, 0) is 11.8 Å². The summed E-state index contributed by atoms with van der Waals surface area (Å²) in [5, 5.41) is 7.22. The van der Waals surface area contributed by atoms with Gasteiger partial charge >= 0.3 is 0 Å². The van der Waals surface area contributed by atoms with Gasteiger partial charge in [0.2, 0.25) is 5.78 Å². The zero-order valence-electron chi connectivity index (χ0n) is 9.48. The molecule has 0 radical (unpaired) electrons. The molecule has 88 valence electrons. The van der Waals surface area contributed by atoms with Crippen LogP contribution in [0.4, 0.5) is 0 Å². The van der Waals surface area contributed by atoms with E-state index in [9.17, 15) is 4.79 Å². The molecule has 1 saturated heterocycles. The van der Waals surface area contributed by atoms with Crippen LogP contribution in [0.15, 0.2) is 12.3 Å². The van der Waals surface area contributed by atoms with Gasteiger partial charge in [0.05, 0.1) is 6.10 Å². The third kappa shape index (κ3) is 2.68. The summed E-state index contributed by atoms with van der Waals surface area (Å²) in [6.07, 6.45) is 3.81. The molecule has 1 aliphatic rings. The van der Waals surface area contributed by atoms with Crippen molar-refractivity contribution >= 4 is 5.78 Å². The van der Waals surface area contributed by atoms with Gasteiger partial charge in [-0.1, -0.05) is 0 Å². The molecule has 1 aliphatic heterocycles. The van der Waals surface area contributed by atoms with Crippen LogP contribution in [0, 0.1) is 0 Å². The minimum absolute atomic E-state index is 0.00136. The Bertz CT molecular complexity index is 356. The summed E-state index contributed by atoms with van der Waals surface area (Å²) in [6, 6.07) is 1.72. The molecule has 2 rings (SSSR count). The third-order valence-corrected chi connectivity index (χ3v) is 2.84. The van der Waals surface area contributed by atoms with E-state index in [-0.39, 0.29) is 18.5 Å². The zero-order valence-corrected chi connectivity index (χ0v) is 9.48. The molecule has 16 heavy (non-hydrogen) atoms. The predicted molar refractivity (Wildman–Crippen MR) is 59.4 cm³/mol. The van der Waals surface area contributed by atoms with E-state index in [1.54, 1.807) is 24.0 Å². The first-order valence-corrected chi connectivity index (χ1v) is 5.61. The molecule has 1 aromatic rings. The fourth-order valence-electron chi connectivity index (χ4n) is 1.88. The van der Waals surface area contributed by atoms with E-state index in [1.807, 2.05) is 0 Å². The smallest absolute Gasteiger partial charge is 0.206 e. The maximum atomic E-state index is 11.8. The number of piperidine rings is 1. The Morgan fingerprint density at radius 3 is 3.00 bits per heavy atom. The zero-order chi connectivity index (χ0) is 11.4. The van der Waals surface area contributed by atoms with Crippen LogP contribution in [0.1, 0.15) is 23.3 Å². The van der Waals surface area contributed by atoms with Gasteiger partial charge in [-0.15, -0.1) is 0 Å². The van der Waals surface area contributed by atoms with E-state index < -0.39 is 0 Å². The van der Waals surface area contributed by atoms with E-state index in [0.29, 0.717) is 5.69 Å². The molecule has 1 fully saturated rings. The molecule has 0 saturated carbocycles. The fraction of sp³-hybridized carbons (Fsp3) is 0.636. The number of carbonyl (C=O) groups excluding carboxylic acids is 1. The number of nitrogens with one attached hydrogen (secondary N) is 1. The lowest BCUT2D eigenvalue weighted by Gasteiger charge is -2.22. The van der Waals surface area contributed by atoms with Gasteiger partial charge in [0.15, 0.2) is 0 Å². The predicted octanol–water partition coefficient (Wildman–Crippen LogP) is 0.371. The maximum absolute atomic E-state index is 11.8. The Morgan fingerprint density at radius 1 is 1.62 bits per heavy atom. The number of hydrogen-bond acceptors (Lipinski definition) is 4. The molecule has 1 aromatic heterocycles. The molecule has 0 bridgehead atoms. The molecular weight excluding hydrogens is 206 g/mol. The summed E-state index contributed by atoms with van der Waals surface area (Å²) in [6.45, 7) is 2.11. The summed E-state index contributed by atoms with van der Waals surface area (Å²) in [5.41, 5.74) is 0.605. The van der Waals surface area contributed by atoms with Crippen molar-refractivity contribution in [1.82, 2.24) is 15.1 Å². The summed E-state index contributed by atoms with van der Waals surface area (Å²) < 4.78 is 7.17. The lowest BCUT2D eigenvalue weighted by Crippen LogP contribution is -2.33. The monoisotopic (exact) mass is 223 g/mol. The molecular formula is C11H17N3O2. The minimum atomic E-state index is -0.00136. The largest absolute Gasteiger partial charge is 0.370 e. The second kappa shape index (κ2) is 5.23. The van der Waals surface area contributed by atoms with Gasteiger partial charge in [-0.05, 0) is 32.0 Å². The van der Waals surface area contributed by atoms with Crippen molar-refractivity contribution in [3.63, 3.8) is 0 Å². The summed E-state index contributed by atoms with van der Waals surface area (Å²) >= 11 is 0. The van der Waals surface area contributed by atoms with Gasteiger partial charge in [-0.25, -0.2) is 0 Å². The third-order valence-electron chi connectivity index (χ3n) is 2.84. The molecule has 0 unspecified atom stereocenters. The standard InChI is InChI=1S/C11H17N3O2/c1-14-10(4-7-13-14)11(15)8-16-9-2-5-12-6-3-9/h4,7,9,12H,2-3,5-6,8H2,1H3. The first-order valence-electron chi connectivity index (χ1n) is 5.61. The van der Waals surface area contributed by atoms with Gasteiger partial charge in [0, 0.05) is 13.2 Å². The second-order valence-electron chi connectivity index (χ2n) is 4.02. The van der Waals surface area contributed by atoms with Crippen LogP contribution in [0.25, 0.3) is 0 Å². The number of carbonyl (C=O) groups is 1. The summed E-state index contributed by atoms with van der Waals surface area (Å²) in [5.74, 6) is -0.00136. The van der Waals surface area contributed by atoms with Crippen molar-refractivity contribution in [2.45, 2.75) is 18.9 Å². The van der Waals surface area contributed by atoms with E-state index in [1.165, 1.54) is 0 Å². The van der Waals surface area contributed by atoms with Crippen LogP contribution in [0.5, 0.6) is 0 Å². The number of Topliss-reactive ketones (excluding diaryl/α,β-unsaturated/α-hetero) is 1. The van der Waals surface area contributed by atoms with Crippen LogP contribution in [0.2, 0.25) is 0 Å². The van der Waals surface area contributed by atoms with Crippen LogP contribution in [0.3, 0.4) is 0 Å². The lowest BCUT2D eigenvalue weighted by molar-refractivity contribution is 0.0312. The van der Waals surface area contributed by atoms with E-state index >= 15 is 0 Å². The number of aromatic nitrogens is 2. The Hall–Kier alpha value is -1.20. The Labute approximate surface area is 94.8 Å². The maximum Gasteiger partial charge on any atom is 0.206 e. The molecule has 0 amide bonds. The summed E-state index contributed by atoms with van der Waals surface area (Å²) in [7, 11) is 1.76. The van der Waals surface area contributed by atoms with Crippen molar-refractivity contribution < 1.29 is 9.53 Å². The van der Waals surface area contributed by atoms with E-state index in [0.717, 1.165) is 25.9 Å². The molecule has 0 atom stereocenters. The van der Waals surface area contributed by atoms with Crippen molar-refractivity contribution in [3.05, 3.63) is 18.0 Å². The molecule has 5 nitrogen and oxygen atoms in total. The van der Waals surface area contributed by atoms with E-state index in [4.69, 9.17) is 4.74 Å². The molecule has 1 N–H and O–H groups in total. The lowest BCUT2D eigenvalue weighted by atomic mass is 10.1. The molecule has 0 aromatic carbocycles. The van der Waals surface area contributed by atoms with E-state index in [2.05, 4.69) is 10.4 Å². The van der Waals surface area contributed by atoms with Crippen LogP contribution >= 0.6 is 0 Å². The van der Waals surface area contributed by atoms with Crippen LogP contribution in [-0.4, -0.2) is 41.4 Å². The van der Waals surface area contributed by atoms with Crippen molar-refractivity contribution in [3.8, 4) is 0 Å². The second-order valence-corrected chi connectivity index (χ2v) is 4.02. The van der Waals surface area contributed by atoms with Gasteiger partial charge in [0.1, 0.15) is 12.3 Å². The van der Waals surface area contributed by atoms with Gasteiger partial charge in [-0.3, -0.25) is 9.48 Å². The topological polar surface area (TPSA) is 56.2 Å². The number of ketones is 1. The number of hydrogen-bond donors (Lipinski definition) is 1. The summed E-state index contributed by atoms with van der Waals surface area (Å²) in [4.78, 5) is 11.8. The highest BCUT2D eigenvalue weighted by atomic mass is 16.5. The van der Waals surface area contributed by atoms with Gasteiger partial charge in [0.25, 0.3) is 0 Å². The SMILES string of the molecule is Cn1nccc1C(=O)COC1CCNCC1. The minimum Gasteiger partial charge on any atom is -0.370 e. The quantitative estimate of drug-likeness (QED) is 0.749. The Balaban J connectivity index is 1.81. The van der Waals surface area contributed by atoms with Crippen molar-refractivity contribution in [1.29, 1.82) is 0 Å². The molecule has 2 heterocycles. The number of rotatable bonds is 4. The Morgan fingerprint density at radius 2 is 2.38 bits per heavy atom. The Kier molecular flexibility index (Phi) is 3.69. The van der Waals surface area contributed by atoms with Crippen molar-refractivity contribution in [2.24, 2.45) is 7.05 Å². The highest BCUT2D eigenvalue weighted by Gasteiger charge is 2.16. The first kappa shape index (κ1) is 11.3. The number of aryl methyl sites for hydroxylation is 1. The normalized spacial score (nSPS) is 17.6. The molecule has 0 spiro atoms. The van der Waals surface area contributed by atoms with Crippen molar-refractivity contribution in [2.75, 3.05) is 19.7 Å². The van der Waals surface area contributed by atoms with Crippen LogP contribution < -0.4 is 5.32 Å². The molecule has 5 heteroatoms. The molecule has 0 aliphatic carbocycles. The average Bonchev–Trinajstić information content (AvgIpc) is 2.74. The fourth-order valence-corrected chi connectivity index (χ4v) is 1.88. The first-order chi connectivity index (χ1) is 7.77. The number of nitrogens with zero attached hydrogens (tertiary/aromatic N) is 2.